The van der Waals surface area contributed by atoms with Gasteiger partial charge < -0.3 is 10.8 Å². The van der Waals surface area contributed by atoms with Crippen molar-refractivity contribution >= 4 is 11.8 Å². The normalized spacial score (nSPS) is 14.8. The van der Waals surface area contributed by atoms with Crippen LogP contribution in [0.25, 0.3) is 0 Å². The van der Waals surface area contributed by atoms with Gasteiger partial charge in [0, 0.05) is 10.4 Å². The lowest BCUT2D eigenvalue weighted by Gasteiger charge is -2.20. The molecule has 0 aliphatic heterocycles. The molecule has 0 saturated heterocycles. The number of aliphatic hydroxyl groups is 1. The van der Waals surface area contributed by atoms with E-state index in [0.717, 1.165) is 12.1 Å². The maximum atomic E-state index is 12.9. The van der Waals surface area contributed by atoms with Crippen LogP contribution in [-0.4, -0.2) is 23.0 Å². The van der Waals surface area contributed by atoms with Crippen molar-refractivity contribution in [3.05, 3.63) is 29.8 Å². The zero-order chi connectivity index (χ0) is 12.2. The lowest BCUT2D eigenvalue weighted by molar-refractivity contribution is 0.206. The Morgan fingerprint density at radius 2 is 2.06 bits per heavy atom. The van der Waals surface area contributed by atoms with E-state index in [1.807, 2.05) is 0 Å². The third kappa shape index (κ3) is 4.08. The van der Waals surface area contributed by atoms with Crippen molar-refractivity contribution in [3.63, 3.8) is 0 Å². The van der Waals surface area contributed by atoms with Gasteiger partial charge in [0.05, 0.1) is 6.61 Å². The Kier molecular flexibility index (Phi) is 4.70. The first-order chi connectivity index (χ1) is 7.44. The van der Waals surface area contributed by atoms with Crippen molar-refractivity contribution in [3.8, 4) is 0 Å². The zero-order valence-corrected chi connectivity index (χ0v) is 9.86. The molecule has 0 spiro atoms. The third-order valence-electron chi connectivity index (χ3n) is 2.19. The van der Waals surface area contributed by atoms with Crippen LogP contribution in [-0.2, 0) is 0 Å². The maximum Gasteiger partial charge on any atom is 0.159 e. The summed E-state index contributed by atoms with van der Waals surface area (Å²) in [5, 5.41) is 8.93. The Labute approximate surface area is 97.8 Å². The smallest absolute Gasteiger partial charge is 0.159 e. The highest BCUT2D eigenvalue weighted by Crippen LogP contribution is 2.22. The van der Waals surface area contributed by atoms with Gasteiger partial charge in [-0.1, -0.05) is 0 Å². The first-order valence-corrected chi connectivity index (χ1v) is 5.91. The van der Waals surface area contributed by atoms with Crippen LogP contribution in [0.15, 0.2) is 23.1 Å². The SMILES string of the molecule is CC(N)(CO)CCSc1ccc(F)c(F)c1. The van der Waals surface area contributed by atoms with Crippen LogP contribution in [0.2, 0.25) is 0 Å². The van der Waals surface area contributed by atoms with Crippen molar-refractivity contribution in [2.75, 3.05) is 12.4 Å². The molecular weight excluding hydrogens is 232 g/mol. The average Bonchev–Trinajstić information content (AvgIpc) is 2.23. The quantitative estimate of drug-likeness (QED) is 0.784. The number of hydrogen-bond acceptors (Lipinski definition) is 3. The van der Waals surface area contributed by atoms with Gasteiger partial charge in [-0.25, -0.2) is 8.78 Å². The van der Waals surface area contributed by atoms with E-state index in [0.29, 0.717) is 17.1 Å². The molecule has 1 aromatic rings. The van der Waals surface area contributed by atoms with E-state index in [-0.39, 0.29) is 6.61 Å². The molecule has 0 aliphatic rings. The van der Waals surface area contributed by atoms with Crippen LogP contribution in [0.5, 0.6) is 0 Å². The fourth-order valence-corrected chi connectivity index (χ4v) is 2.20. The highest BCUT2D eigenvalue weighted by molar-refractivity contribution is 7.99. The molecule has 1 unspecified atom stereocenters. The van der Waals surface area contributed by atoms with Crippen LogP contribution >= 0.6 is 11.8 Å². The van der Waals surface area contributed by atoms with E-state index in [1.165, 1.54) is 17.8 Å². The summed E-state index contributed by atoms with van der Waals surface area (Å²) in [6.45, 7) is 1.66. The average molecular weight is 247 g/mol. The molecule has 0 fully saturated rings. The molecule has 1 atom stereocenters. The van der Waals surface area contributed by atoms with Gasteiger partial charge in [-0.05, 0) is 37.3 Å². The summed E-state index contributed by atoms with van der Waals surface area (Å²) in [7, 11) is 0. The standard InChI is InChI=1S/C11H15F2NOS/c1-11(14,7-15)4-5-16-8-2-3-9(12)10(13)6-8/h2-3,6,15H,4-5,7,14H2,1H3. The van der Waals surface area contributed by atoms with E-state index in [2.05, 4.69) is 0 Å². The van der Waals surface area contributed by atoms with Crippen LogP contribution in [0.4, 0.5) is 8.78 Å². The molecule has 90 valence electrons. The largest absolute Gasteiger partial charge is 0.394 e. The van der Waals surface area contributed by atoms with Crippen LogP contribution in [0.3, 0.4) is 0 Å². The first-order valence-electron chi connectivity index (χ1n) is 4.92. The fraction of sp³-hybridized carbons (Fsp3) is 0.455. The minimum absolute atomic E-state index is 0.0919. The molecule has 0 amide bonds. The van der Waals surface area contributed by atoms with E-state index in [1.54, 1.807) is 6.92 Å². The van der Waals surface area contributed by atoms with Crippen molar-refractivity contribution in [2.24, 2.45) is 5.73 Å². The van der Waals surface area contributed by atoms with Gasteiger partial charge in [0.2, 0.25) is 0 Å². The van der Waals surface area contributed by atoms with Gasteiger partial charge in [0.25, 0.3) is 0 Å². The van der Waals surface area contributed by atoms with E-state index in [9.17, 15) is 8.78 Å². The number of thioether (sulfide) groups is 1. The van der Waals surface area contributed by atoms with Gasteiger partial charge in [-0.15, -0.1) is 11.8 Å². The van der Waals surface area contributed by atoms with Gasteiger partial charge in [0.1, 0.15) is 0 Å². The molecule has 0 radical (unpaired) electrons. The van der Waals surface area contributed by atoms with Crippen molar-refractivity contribution in [2.45, 2.75) is 23.8 Å². The lowest BCUT2D eigenvalue weighted by atomic mass is 10.0. The van der Waals surface area contributed by atoms with Crippen molar-refractivity contribution in [1.82, 2.24) is 0 Å². The molecule has 5 heteroatoms. The molecule has 0 bridgehead atoms. The zero-order valence-electron chi connectivity index (χ0n) is 9.04. The second-order valence-corrected chi connectivity index (χ2v) is 5.15. The van der Waals surface area contributed by atoms with Gasteiger partial charge >= 0.3 is 0 Å². The molecule has 0 saturated carbocycles. The van der Waals surface area contributed by atoms with E-state index < -0.39 is 17.2 Å². The van der Waals surface area contributed by atoms with Crippen molar-refractivity contribution in [1.29, 1.82) is 0 Å². The lowest BCUT2D eigenvalue weighted by Crippen LogP contribution is -2.40. The summed E-state index contributed by atoms with van der Waals surface area (Å²) < 4.78 is 25.5. The van der Waals surface area contributed by atoms with E-state index >= 15 is 0 Å². The molecule has 3 N–H and O–H groups in total. The van der Waals surface area contributed by atoms with Crippen LogP contribution < -0.4 is 5.73 Å². The third-order valence-corrected chi connectivity index (χ3v) is 3.19. The summed E-state index contributed by atoms with van der Waals surface area (Å²) in [6, 6.07) is 3.79. The maximum absolute atomic E-state index is 12.9. The topological polar surface area (TPSA) is 46.2 Å². The number of rotatable bonds is 5. The molecule has 2 nitrogen and oxygen atoms in total. The van der Waals surface area contributed by atoms with Crippen molar-refractivity contribution < 1.29 is 13.9 Å². The highest BCUT2D eigenvalue weighted by atomic mass is 32.2. The molecular formula is C11H15F2NOS. The molecule has 1 rings (SSSR count). The van der Waals surface area contributed by atoms with Crippen LogP contribution in [0.1, 0.15) is 13.3 Å². The molecule has 1 aromatic carbocycles. The summed E-state index contributed by atoms with van der Waals surface area (Å²) in [5.41, 5.74) is 5.12. The first kappa shape index (κ1) is 13.4. The summed E-state index contributed by atoms with van der Waals surface area (Å²) in [4.78, 5) is 0.660. The Morgan fingerprint density at radius 1 is 1.38 bits per heavy atom. The number of hydrogen-bond donors (Lipinski definition) is 2. The van der Waals surface area contributed by atoms with Gasteiger partial charge in [-0.2, -0.15) is 0 Å². The summed E-state index contributed by atoms with van der Waals surface area (Å²) in [6.07, 6.45) is 0.604. The number of halogens is 2. The summed E-state index contributed by atoms with van der Waals surface area (Å²) >= 11 is 1.39. The Morgan fingerprint density at radius 3 is 2.62 bits per heavy atom. The Hall–Kier alpha value is -0.650. The molecule has 0 heterocycles. The van der Waals surface area contributed by atoms with E-state index in [4.69, 9.17) is 10.8 Å². The predicted octanol–water partition coefficient (Wildman–Crippen LogP) is 2.16. The fourth-order valence-electron chi connectivity index (χ4n) is 1.05. The van der Waals surface area contributed by atoms with Gasteiger partial charge in [0.15, 0.2) is 11.6 Å². The Balaban J connectivity index is 2.46. The Bertz CT molecular complexity index is 358. The minimum Gasteiger partial charge on any atom is -0.394 e. The predicted molar refractivity (Wildman–Crippen MR) is 61.4 cm³/mol. The second kappa shape index (κ2) is 5.61. The number of benzene rings is 1. The monoisotopic (exact) mass is 247 g/mol. The molecule has 0 aromatic heterocycles. The number of aliphatic hydroxyl groups excluding tert-OH is 1. The van der Waals surface area contributed by atoms with Gasteiger partial charge in [-0.3, -0.25) is 0 Å². The number of nitrogens with two attached hydrogens (primary N) is 1. The molecule has 16 heavy (non-hydrogen) atoms. The minimum atomic E-state index is -0.845. The summed E-state index contributed by atoms with van der Waals surface area (Å²) in [5.74, 6) is -1.04. The highest BCUT2D eigenvalue weighted by Gasteiger charge is 2.16. The molecule has 0 aliphatic carbocycles. The van der Waals surface area contributed by atoms with Crippen LogP contribution in [0, 0.1) is 11.6 Å². The second-order valence-electron chi connectivity index (χ2n) is 3.99.